The van der Waals surface area contributed by atoms with Gasteiger partial charge in [0, 0.05) is 12.8 Å². The lowest BCUT2D eigenvalue weighted by Gasteiger charge is -2.32. The lowest BCUT2D eigenvalue weighted by atomic mass is 9.72. The van der Waals surface area contributed by atoms with Crippen LogP contribution in [-0.4, -0.2) is 5.78 Å². The monoisotopic (exact) mass is 166 g/mol. The zero-order chi connectivity index (χ0) is 8.60. The SMILES string of the molecule is CC1CC[C@@]2(CCCC(=O)C2)C1. The van der Waals surface area contributed by atoms with Gasteiger partial charge in [-0.15, -0.1) is 0 Å². The number of hydrogen-bond donors (Lipinski definition) is 0. The summed E-state index contributed by atoms with van der Waals surface area (Å²) in [6.45, 7) is 2.33. The number of rotatable bonds is 0. The molecule has 0 aromatic carbocycles. The van der Waals surface area contributed by atoms with E-state index in [-0.39, 0.29) is 0 Å². The molecule has 1 unspecified atom stereocenters. The van der Waals surface area contributed by atoms with E-state index in [9.17, 15) is 4.79 Å². The standard InChI is InChI=1S/C11H18O/c1-9-4-6-11(7-9)5-2-3-10(12)8-11/h9H,2-8H2,1H3/t9?,11-/m0/s1. The van der Waals surface area contributed by atoms with Crippen LogP contribution in [0.15, 0.2) is 0 Å². The molecule has 0 bridgehead atoms. The molecule has 0 aromatic heterocycles. The summed E-state index contributed by atoms with van der Waals surface area (Å²) in [4.78, 5) is 11.3. The van der Waals surface area contributed by atoms with Gasteiger partial charge < -0.3 is 0 Å². The maximum atomic E-state index is 11.3. The van der Waals surface area contributed by atoms with E-state index >= 15 is 0 Å². The van der Waals surface area contributed by atoms with Crippen molar-refractivity contribution in [3.05, 3.63) is 0 Å². The normalized spacial score (nSPS) is 42.4. The molecule has 68 valence electrons. The number of carbonyl (C=O) groups excluding carboxylic acids is 1. The predicted molar refractivity (Wildman–Crippen MR) is 48.9 cm³/mol. The topological polar surface area (TPSA) is 17.1 Å². The van der Waals surface area contributed by atoms with Crippen LogP contribution in [0, 0.1) is 11.3 Å². The quantitative estimate of drug-likeness (QED) is 0.540. The molecule has 0 amide bonds. The van der Waals surface area contributed by atoms with Crippen LogP contribution in [0.4, 0.5) is 0 Å². The van der Waals surface area contributed by atoms with Gasteiger partial charge in [0.1, 0.15) is 5.78 Å². The Kier molecular flexibility index (Phi) is 1.97. The van der Waals surface area contributed by atoms with Crippen molar-refractivity contribution in [1.82, 2.24) is 0 Å². The molecular weight excluding hydrogens is 148 g/mol. The van der Waals surface area contributed by atoms with E-state index in [0.717, 1.165) is 25.2 Å². The van der Waals surface area contributed by atoms with Crippen LogP contribution in [0.3, 0.4) is 0 Å². The van der Waals surface area contributed by atoms with Gasteiger partial charge >= 0.3 is 0 Å². The molecule has 2 saturated carbocycles. The molecule has 2 aliphatic rings. The second-order valence-electron chi connectivity index (χ2n) is 4.92. The van der Waals surface area contributed by atoms with Gasteiger partial charge in [-0.05, 0) is 37.0 Å². The summed E-state index contributed by atoms with van der Waals surface area (Å²) in [6.07, 6.45) is 8.23. The molecule has 0 N–H and O–H groups in total. The van der Waals surface area contributed by atoms with E-state index in [1.54, 1.807) is 0 Å². The molecule has 1 nitrogen and oxygen atoms in total. The van der Waals surface area contributed by atoms with Crippen LogP contribution < -0.4 is 0 Å². The maximum absolute atomic E-state index is 11.3. The fourth-order valence-electron chi connectivity index (χ4n) is 3.14. The lowest BCUT2D eigenvalue weighted by molar-refractivity contribution is -0.123. The Morgan fingerprint density at radius 1 is 1.42 bits per heavy atom. The van der Waals surface area contributed by atoms with Gasteiger partial charge in [-0.25, -0.2) is 0 Å². The average Bonchev–Trinajstić information content (AvgIpc) is 2.32. The van der Waals surface area contributed by atoms with Crippen molar-refractivity contribution in [3.63, 3.8) is 0 Å². The second-order valence-corrected chi connectivity index (χ2v) is 4.92. The summed E-state index contributed by atoms with van der Waals surface area (Å²) in [6, 6.07) is 0. The van der Waals surface area contributed by atoms with Gasteiger partial charge in [-0.1, -0.05) is 13.3 Å². The van der Waals surface area contributed by atoms with Crippen molar-refractivity contribution in [2.45, 2.75) is 51.9 Å². The highest BCUT2D eigenvalue weighted by atomic mass is 16.1. The van der Waals surface area contributed by atoms with Gasteiger partial charge in [-0.3, -0.25) is 4.79 Å². The molecule has 2 aliphatic carbocycles. The highest BCUT2D eigenvalue weighted by molar-refractivity contribution is 5.79. The van der Waals surface area contributed by atoms with Crippen LogP contribution in [0.5, 0.6) is 0 Å². The Morgan fingerprint density at radius 3 is 2.83 bits per heavy atom. The summed E-state index contributed by atoms with van der Waals surface area (Å²) < 4.78 is 0. The van der Waals surface area contributed by atoms with Gasteiger partial charge in [0.15, 0.2) is 0 Å². The van der Waals surface area contributed by atoms with Gasteiger partial charge in [-0.2, -0.15) is 0 Å². The Balaban J connectivity index is 2.05. The number of ketones is 1. The molecular formula is C11H18O. The molecule has 1 spiro atoms. The first-order valence-electron chi connectivity index (χ1n) is 5.22. The zero-order valence-electron chi connectivity index (χ0n) is 7.94. The third kappa shape index (κ3) is 1.41. The van der Waals surface area contributed by atoms with E-state index in [1.165, 1.54) is 25.7 Å². The fraction of sp³-hybridized carbons (Fsp3) is 0.909. The predicted octanol–water partition coefficient (Wildman–Crippen LogP) is 2.94. The first-order valence-corrected chi connectivity index (χ1v) is 5.22. The maximum Gasteiger partial charge on any atom is 0.133 e. The first kappa shape index (κ1) is 8.28. The van der Waals surface area contributed by atoms with E-state index in [1.807, 2.05) is 0 Å². The Hall–Kier alpha value is -0.330. The minimum atomic E-state index is 0.467. The molecule has 0 heterocycles. The van der Waals surface area contributed by atoms with E-state index < -0.39 is 0 Å². The summed E-state index contributed by atoms with van der Waals surface area (Å²) >= 11 is 0. The van der Waals surface area contributed by atoms with Crippen molar-refractivity contribution in [1.29, 1.82) is 0 Å². The van der Waals surface area contributed by atoms with E-state index in [4.69, 9.17) is 0 Å². The van der Waals surface area contributed by atoms with Crippen molar-refractivity contribution in [2.75, 3.05) is 0 Å². The van der Waals surface area contributed by atoms with E-state index in [0.29, 0.717) is 11.2 Å². The molecule has 2 rings (SSSR count). The third-order valence-electron chi connectivity index (χ3n) is 3.68. The van der Waals surface area contributed by atoms with Crippen LogP contribution in [-0.2, 0) is 4.79 Å². The second kappa shape index (κ2) is 2.86. The highest BCUT2D eigenvalue weighted by Crippen LogP contribution is 2.50. The molecule has 0 saturated heterocycles. The average molecular weight is 166 g/mol. The number of hydrogen-bond acceptors (Lipinski definition) is 1. The van der Waals surface area contributed by atoms with Crippen LogP contribution in [0.2, 0.25) is 0 Å². The summed E-state index contributed by atoms with van der Waals surface area (Å²) in [5.41, 5.74) is 0.467. The minimum absolute atomic E-state index is 0.467. The van der Waals surface area contributed by atoms with Crippen LogP contribution in [0.1, 0.15) is 51.9 Å². The molecule has 0 aliphatic heterocycles. The van der Waals surface area contributed by atoms with Crippen molar-refractivity contribution in [3.8, 4) is 0 Å². The highest BCUT2D eigenvalue weighted by Gasteiger charge is 2.40. The summed E-state index contributed by atoms with van der Waals surface area (Å²) in [5, 5.41) is 0. The largest absolute Gasteiger partial charge is 0.300 e. The Labute approximate surface area is 74.5 Å². The smallest absolute Gasteiger partial charge is 0.133 e. The number of Topliss-reactive ketones (excluding diaryl/α,β-unsaturated/α-hetero) is 1. The van der Waals surface area contributed by atoms with Gasteiger partial charge in [0.25, 0.3) is 0 Å². The molecule has 0 aromatic rings. The summed E-state index contributed by atoms with van der Waals surface area (Å²) in [7, 11) is 0. The molecule has 12 heavy (non-hydrogen) atoms. The lowest BCUT2D eigenvalue weighted by Crippen LogP contribution is -2.26. The Morgan fingerprint density at radius 2 is 2.25 bits per heavy atom. The summed E-state index contributed by atoms with van der Waals surface area (Å²) in [5.74, 6) is 1.39. The molecule has 1 heteroatoms. The molecule has 0 radical (unpaired) electrons. The van der Waals surface area contributed by atoms with Gasteiger partial charge in [0.05, 0.1) is 0 Å². The van der Waals surface area contributed by atoms with Crippen molar-refractivity contribution < 1.29 is 4.79 Å². The van der Waals surface area contributed by atoms with E-state index in [2.05, 4.69) is 6.92 Å². The third-order valence-corrected chi connectivity index (χ3v) is 3.68. The van der Waals surface area contributed by atoms with Gasteiger partial charge in [0.2, 0.25) is 0 Å². The fourth-order valence-corrected chi connectivity index (χ4v) is 3.14. The van der Waals surface area contributed by atoms with Crippen molar-refractivity contribution in [2.24, 2.45) is 11.3 Å². The van der Waals surface area contributed by atoms with Crippen molar-refractivity contribution >= 4 is 5.78 Å². The first-order chi connectivity index (χ1) is 5.70. The molecule has 2 atom stereocenters. The minimum Gasteiger partial charge on any atom is -0.300 e. The Bertz CT molecular complexity index is 193. The zero-order valence-corrected chi connectivity index (χ0v) is 7.94. The number of carbonyl (C=O) groups is 1. The van der Waals surface area contributed by atoms with Crippen LogP contribution in [0.25, 0.3) is 0 Å². The van der Waals surface area contributed by atoms with Crippen LogP contribution >= 0.6 is 0 Å². The molecule has 2 fully saturated rings.